The van der Waals surface area contributed by atoms with E-state index in [2.05, 4.69) is 38.8 Å². The number of hydrogen-bond donors (Lipinski definition) is 1. The molecule has 0 aromatic carbocycles. The summed E-state index contributed by atoms with van der Waals surface area (Å²) in [5.74, 6) is -1.64. The molecule has 1 rings (SSSR count). The second-order valence-corrected chi connectivity index (χ2v) is 16.5. The number of carboxylic acid groups (broad SMARTS) is 1. The molecule has 1 N–H and O–H groups in total. The Morgan fingerprint density at radius 2 is 1.72 bits per heavy atom. The predicted octanol–water partition coefficient (Wildman–Crippen LogP) is 5.79. The zero-order valence-corrected chi connectivity index (χ0v) is 20.6. The van der Waals surface area contributed by atoms with Gasteiger partial charge >= 0.3 is 12.1 Å². The molecule has 0 saturated carbocycles. The summed E-state index contributed by atoms with van der Waals surface area (Å²) in [6.07, 6.45) is 0.901. The van der Waals surface area contributed by atoms with Gasteiger partial charge in [-0.25, -0.2) is 14.6 Å². The van der Waals surface area contributed by atoms with Gasteiger partial charge in [-0.3, -0.25) is 4.79 Å². The number of unbranched alkanes of at least 4 members (excludes halogenated alkanes) is 1. The Bertz CT molecular complexity index is 747. The van der Waals surface area contributed by atoms with Crippen molar-refractivity contribution in [2.24, 2.45) is 0 Å². The first kappa shape index (κ1) is 25.3. The van der Waals surface area contributed by atoms with E-state index in [4.69, 9.17) is 9.84 Å². The van der Waals surface area contributed by atoms with Gasteiger partial charge < -0.3 is 9.84 Å². The van der Waals surface area contributed by atoms with Crippen LogP contribution in [0.5, 0.6) is 0 Å². The molecule has 0 aliphatic carbocycles. The van der Waals surface area contributed by atoms with Crippen LogP contribution < -0.4 is 4.90 Å². The van der Waals surface area contributed by atoms with E-state index >= 15 is 0 Å². The van der Waals surface area contributed by atoms with Crippen LogP contribution in [0.15, 0.2) is 5.38 Å². The Kier molecular flexibility index (Phi) is 8.18. The first-order valence-electron chi connectivity index (χ1n) is 9.80. The van der Waals surface area contributed by atoms with Gasteiger partial charge in [0.1, 0.15) is 5.60 Å². The lowest BCUT2D eigenvalue weighted by Crippen LogP contribution is -2.41. The minimum absolute atomic E-state index is 0.0195. The van der Waals surface area contributed by atoms with Crippen LogP contribution in [0.1, 0.15) is 71.3 Å². The standard InChI is InChI=1S/C20H34N2O5SSi/c1-19(2,3)27-18(26)22(17-21-14(13-28-17)16(24)25)15(23)11-9-10-12-29(7,8)20(4,5)6/h13H,9-12H2,1-8H3,(H,24,25). The van der Waals surface area contributed by atoms with Crippen LogP contribution in [0.2, 0.25) is 24.2 Å². The number of anilines is 1. The number of imide groups is 1. The summed E-state index contributed by atoms with van der Waals surface area (Å²) < 4.78 is 5.34. The van der Waals surface area contributed by atoms with Crippen LogP contribution in [-0.4, -0.2) is 41.7 Å². The van der Waals surface area contributed by atoms with Crippen molar-refractivity contribution >= 4 is 42.5 Å². The predicted molar refractivity (Wildman–Crippen MR) is 119 cm³/mol. The number of aromatic nitrogens is 1. The highest BCUT2D eigenvalue weighted by Gasteiger charge is 2.35. The Labute approximate surface area is 178 Å². The van der Waals surface area contributed by atoms with E-state index in [1.165, 1.54) is 5.38 Å². The van der Waals surface area contributed by atoms with E-state index in [0.717, 1.165) is 28.7 Å². The quantitative estimate of drug-likeness (QED) is 0.424. The summed E-state index contributed by atoms with van der Waals surface area (Å²) in [7, 11) is -1.42. The maximum absolute atomic E-state index is 12.8. The number of thiazole rings is 1. The third-order valence-electron chi connectivity index (χ3n) is 5.20. The molecule has 0 bridgehead atoms. The van der Waals surface area contributed by atoms with Crippen molar-refractivity contribution in [3.8, 4) is 0 Å². The molecule has 0 aliphatic rings. The molecule has 2 amide bonds. The number of aromatic carboxylic acids is 1. The first-order valence-corrected chi connectivity index (χ1v) is 13.9. The Balaban J connectivity index is 2.88. The van der Waals surface area contributed by atoms with Crippen LogP contribution in [0, 0.1) is 0 Å². The average molecular weight is 443 g/mol. The normalized spacial score (nSPS) is 12.6. The number of amides is 2. The van der Waals surface area contributed by atoms with Crippen molar-refractivity contribution in [2.45, 2.75) is 90.6 Å². The molecule has 0 spiro atoms. The van der Waals surface area contributed by atoms with Gasteiger partial charge in [0.2, 0.25) is 11.0 Å². The lowest BCUT2D eigenvalue weighted by Gasteiger charge is -2.37. The highest BCUT2D eigenvalue weighted by Crippen LogP contribution is 2.39. The fourth-order valence-corrected chi connectivity index (χ4v) is 5.08. The number of carboxylic acids is 1. The Hall–Kier alpha value is -1.74. The molecule has 0 radical (unpaired) electrons. The molecule has 29 heavy (non-hydrogen) atoms. The molecule has 0 saturated heterocycles. The summed E-state index contributed by atoms with van der Waals surface area (Å²) in [5.41, 5.74) is -0.991. The summed E-state index contributed by atoms with van der Waals surface area (Å²) >= 11 is 0.935. The van der Waals surface area contributed by atoms with Crippen molar-refractivity contribution < 1.29 is 24.2 Å². The van der Waals surface area contributed by atoms with E-state index in [1.54, 1.807) is 20.8 Å². The fourth-order valence-electron chi connectivity index (χ4n) is 2.39. The van der Waals surface area contributed by atoms with Gasteiger partial charge in [0, 0.05) is 11.8 Å². The highest BCUT2D eigenvalue weighted by atomic mass is 32.1. The molecular weight excluding hydrogens is 408 g/mol. The minimum Gasteiger partial charge on any atom is -0.476 e. The molecule has 164 valence electrons. The molecule has 9 heteroatoms. The van der Waals surface area contributed by atoms with Crippen LogP contribution in [0.4, 0.5) is 9.93 Å². The highest BCUT2D eigenvalue weighted by molar-refractivity contribution is 7.14. The van der Waals surface area contributed by atoms with E-state index in [0.29, 0.717) is 6.42 Å². The smallest absolute Gasteiger partial charge is 0.423 e. The van der Waals surface area contributed by atoms with Gasteiger partial charge in [0.25, 0.3) is 0 Å². The van der Waals surface area contributed by atoms with Gasteiger partial charge in [0.05, 0.1) is 8.07 Å². The second-order valence-electron chi connectivity index (χ2n) is 9.87. The SMILES string of the molecule is CC(C)(C)OC(=O)N(C(=O)CCCC[Si](C)(C)C(C)(C)C)c1nc(C(=O)O)cs1. The van der Waals surface area contributed by atoms with Crippen LogP contribution in [0.3, 0.4) is 0 Å². The zero-order chi connectivity index (χ0) is 22.6. The molecule has 1 aromatic rings. The molecule has 0 aliphatic heterocycles. The Morgan fingerprint density at radius 3 is 2.17 bits per heavy atom. The maximum Gasteiger partial charge on any atom is 0.423 e. The Morgan fingerprint density at radius 1 is 1.14 bits per heavy atom. The molecule has 0 unspecified atom stereocenters. The number of carbonyl (C=O) groups excluding carboxylic acids is 2. The average Bonchev–Trinajstić information content (AvgIpc) is 2.98. The lowest BCUT2D eigenvalue weighted by molar-refractivity contribution is -0.118. The lowest BCUT2D eigenvalue weighted by atomic mass is 10.2. The molecule has 7 nitrogen and oxygen atoms in total. The maximum atomic E-state index is 12.8. The van der Waals surface area contributed by atoms with E-state index in [1.807, 2.05) is 0 Å². The van der Waals surface area contributed by atoms with Crippen molar-refractivity contribution in [3.63, 3.8) is 0 Å². The topological polar surface area (TPSA) is 96.8 Å². The van der Waals surface area contributed by atoms with E-state index in [9.17, 15) is 14.4 Å². The van der Waals surface area contributed by atoms with Gasteiger partial charge in [-0.05, 0) is 32.2 Å². The zero-order valence-electron chi connectivity index (χ0n) is 18.8. The minimum atomic E-state index is -1.42. The third kappa shape index (κ3) is 7.54. The van der Waals surface area contributed by atoms with Crippen molar-refractivity contribution in [1.82, 2.24) is 4.98 Å². The largest absolute Gasteiger partial charge is 0.476 e. The fraction of sp³-hybridized carbons (Fsp3) is 0.700. The number of hydrogen-bond acceptors (Lipinski definition) is 6. The summed E-state index contributed by atoms with van der Waals surface area (Å²) in [6.45, 7) is 16.6. The van der Waals surface area contributed by atoms with Crippen LogP contribution >= 0.6 is 11.3 Å². The number of ether oxygens (including phenoxy) is 1. The van der Waals surface area contributed by atoms with Crippen molar-refractivity contribution in [2.75, 3.05) is 4.90 Å². The molecular formula is C20H34N2O5SSi. The number of carbonyl (C=O) groups is 3. The molecule has 0 atom stereocenters. The monoisotopic (exact) mass is 442 g/mol. The van der Waals surface area contributed by atoms with Crippen LogP contribution in [-0.2, 0) is 9.53 Å². The van der Waals surface area contributed by atoms with Gasteiger partial charge in [0.15, 0.2) is 5.69 Å². The van der Waals surface area contributed by atoms with Crippen molar-refractivity contribution in [3.05, 3.63) is 11.1 Å². The van der Waals surface area contributed by atoms with Gasteiger partial charge in [-0.15, -0.1) is 11.3 Å². The third-order valence-corrected chi connectivity index (χ3v) is 11.7. The van der Waals surface area contributed by atoms with Gasteiger partial charge in [-0.2, -0.15) is 4.90 Å². The summed E-state index contributed by atoms with van der Waals surface area (Å²) in [5, 5.41) is 10.7. The summed E-state index contributed by atoms with van der Waals surface area (Å²) in [4.78, 5) is 41.3. The molecule has 1 heterocycles. The van der Waals surface area contributed by atoms with E-state index in [-0.39, 0.29) is 22.3 Å². The van der Waals surface area contributed by atoms with Crippen LogP contribution in [0.25, 0.3) is 0 Å². The molecule has 1 aromatic heterocycles. The van der Waals surface area contributed by atoms with Gasteiger partial charge in [-0.1, -0.05) is 46.3 Å². The molecule has 0 fully saturated rings. The summed E-state index contributed by atoms with van der Waals surface area (Å²) in [6, 6.07) is 1.09. The number of rotatable bonds is 7. The first-order chi connectivity index (χ1) is 13.0. The number of nitrogens with zero attached hydrogens (tertiary/aromatic N) is 2. The second kappa shape index (κ2) is 9.38. The van der Waals surface area contributed by atoms with E-state index < -0.39 is 31.6 Å². The van der Waals surface area contributed by atoms with Crippen molar-refractivity contribution in [1.29, 1.82) is 0 Å².